The lowest BCUT2D eigenvalue weighted by Gasteiger charge is -2.20. The molecular weight excluding hydrogens is 317 g/mol. The van der Waals surface area contributed by atoms with E-state index in [2.05, 4.69) is 10.6 Å². The number of halogens is 2. The van der Waals surface area contributed by atoms with Crippen LogP contribution >= 0.6 is 24.0 Å². The van der Waals surface area contributed by atoms with Gasteiger partial charge in [0.15, 0.2) is 6.61 Å². The third-order valence-electron chi connectivity index (χ3n) is 2.90. The Hall–Kier alpha value is -1.50. The number of nitrogens with two attached hydrogens (primary N) is 1. The van der Waals surface area contributed by atoms with Crippen LogP contribution in [0, 0.1) is 0 Å². The molecule has 116 valence electrons. The summed E-state index contributed by atoms with van der Waals surface area (Å²) in [4.78, 5) is 23.1. The van der Waals surface area contributed by atoms with Crippen molar-refractivity contribution < 1.29 is 14.3 Å². The van der Waals surface area contributed by atoms with Crippen molar-refractivity contribution in [2.45, 2.75) is 25.8 Å². The monoisotopic (exact) mass is 333 g/mol. The molecule has 0 spiro atoms. The number of carbonyl (C=O) groups is 2. The van der Waals surface area contributed by atoms with E-state index in [1.54, 1.807) is 6.07 Å². The molecule has 0 radical (unpaired) electrons. The summed E-state index contributed by atoms with van der Waals surface area (Å²) < 4.78 is 5.27. The average molecular weight is 334 g/mol. The topological polar surface area (TPSA) is 93.5 Å². The normalized spacial score (nSPS) is 14.1. The molecule has 0 bridgehead atoms. The number of nitrogens with one attached hydrogen (secondary N) is 2. The molecule has 6 nitrogen and oxygen atoms in total. The lowest BCUT2D eigenvalue weighted by atomic mass is 10.1. The van der Waals surface area contributed by atoms with Crippen LogP contribution in [0.15, 0.2) is 12.1 Å². The molecule has 1 aliphatic rings. The maximum absolute atomic E-state index is 11.9. The van der Waals surface area contributed by atoms with Gasteiger partial charge in [0.05, 0.1) is 22.4 Å². The number of carbonyl (C=O) groups excluding carboxylic acids is 2. The zero-order chi connectivity index (χ0) is 14.7. The van der Waals surface area contributed by atoms with E-state index in [0.717, 1.165) is 6.42 Å². The number of amides is 2. The molecule has 1 aliphatic heterocycles. The van der Waals surface area contributed by atoms with Gasteiger partial charge in [-0.25, -0.2) is 0 Å². The molecule has 0 aliphatic carbocycles. The Bertz CT molecular complexity index is 552. The van der Waals surface area contributed by atoms with Gasteiger partial charge in [0, 0.05) is 6.07 Å². The largest absolute Gasteiger partial charge is 0.482 e. The molecule has 1 heterocycles. The summed E-state index contributed by atoms with van der Waals surface area (Å²) in [7, 11) is 0. The fraction of sp³-hybridized carbons (Fsp3) is 0.385. The van der Waals surface area contributed by atoms with Gasteiger partial charge in [-0.05, 0) is 12.5 Å². The van der Waals surface area contributed by atoms with Crippen LogP contribution in [0.25, 0.3) is 0 Å². The summed E-state index contributed by atoms with van der Waals surface area (Å²) in [5, 5.41) is 5.62. The first-order chi connectivity index (χ1) is 9.51. The lowest BCUT2D eigenvalue weighted by Crippen LogP contribution is -2.35. The molecule has 1 atom stereocenters. The molecule has 4 N–H and O–H groups in total. The molecule has 2 amide bonds. The summed E-state index contributed by atoms with van der Waals surface area (Å²) in [6.07, 6.45) is 1.42. The quantitative estimate of drug-likeness (QED) is 0.787. The van der Waals surface area contributed by atoms with E-state index in [0.29, 0.717) is 28.6 Å². The van der Waals surface area contributed by atoms with Crippen LogP contribution in [0.4, 0.5) is 11.4 Å². The zero-order valence-corrected chi connectivity index (χ0v) is 13.0. The molecule has 2 rings (SSSR count). The average Bonchev–Trinajstić information content (AvgIpc) is 2.40. The molecule has 8 heteroatoms. The standard InChI is InChI=1S/C13H16ClN3O3.ClH/c1-2-3-8(15)13(19)17-9-5-11-10(4-7(9)14)16-12(18)6-20-11;/h4-5,8H,2-3,6,15H2,1H3,(H,16,18)(H,17,19);1H. The van der Waals surface area contributed by atoms with Gasteiger partial charge in [-0.2, -0.15) is 0 Å². The summed E-state index contributed by atoms with van der Waals surface area (Å²) in [5.41, 5.74) is 6.64. The SMILES string of the molecule is CCCC(N)C(=O)Nc1cc2c(cc1Cl)NC(=O)CO2.Cl. The predicted octanol–water partition coefficient (Wildman–Crippen LogP) is 2.16. The van der Waals surface area contributed by atoms with Crippen molar-refractivity contribution >= 4 is 47.2 Å². The van der Waals surface area contributed by atoms with E-state index in [9.17, 15) is 9.59 Å². The lowest BCUT2D eigenvalue weighted by molar-refractivity contribution is -0.119. The van der Waals surface area contributed by atoms with Crippen molar-refractivity contribution in [1.29, 1.82) is 0 Å². The fourth-order valence-electron chi connectivity index (χ4n) is 1.86. The van der Waals surface area contributed by atoms with Crippen molar-refractivity contribution in [3.05, 3.63) is 17.2 Å². The van der Waals surface area contributed by atoms with Crippen LogP contribution in [0.5, 0.6) is 5.75 Å². The van der Waals surface area contributed by atoms with Crippen LogP contribution in [-0.4, -0.2) is 24.5 Å². The van der Waals surface area contributed by atoms with Gasteiger partial charge in [-0.3, -0.25) is 9.59 Å². The molecule has 1 unspecified atom stereocenters. The van der Waals surface area contributed by atoms with Crippen molar-refractivity contribution in [3.8, 4) is 5.75 Å². The third-order valence-corrected chi connectivity index (χ3v) is 3.21. The Balaban J connectivity index is 0.00000220. The van der Waals surface area contributed by atoms with E-state index in [1.807, 2.05) is 6.92 Å². The van der Waals surface area contributed by atoms with E-state index >= 15 is 0 Å². The number of ether oxygens (including phenoxy) is 1. The van der Waals surface area contributed by atoms with Crippen molar-refractivity contribution in [2.75, 3.05) is 17.2 Å². The molecule has 0 saturated heterocycles. The number of hydrogen-bond donors (Lipinski definition) is 3. The van der Waals surface area contributed by atoms with Crippen molar-refractivity contribution in [2.24, 2.45) is 5.73 Å². The Labute approximate surface area is 133 Å². The Morgan fingerprint density at radius 3 is 2.95 bits per heavy atom. The van der Waals surface area contributed by atoms with Crippen LogP contribution < -0.4 is 21.1 Å². The van der Waals surface area contributed by atoms with Gasteiger partial charge in [-0.15, -0.1) is 12.4 Å². The maximum Gasteiger partial charge on any atom is 0.262 e. The van der Waals surface area contributed by atoms with Crippen molar-refractivity contribution in [1.82, 2.24) is 0 Å². The molecule has 1 aromatic rings. The first kappa shape index (κ1) is 17.6. The number of fused-ring (bicyclic) bond motifs is 1. The van der Waals surface area contributed by atoms with E-state index in [4.69, 9.17) is 22.1 Å². The van der Waals surface area contributed by atoms with E-state index in [1.165, 1.54) is 6.07 Å². The third kappa shape index (κ3) is 4.23. The van der Waals surface area contributed by atoms with Gasteiger partial charge in [0.1, 0.15) is 5.75 Å². The van der Waals surface area contributed by atoms with Crippen LogP contribution in [0.3, 0.4) is 0 Å². The van der Waals surface area contributed by atoms with Gasteiger partial charge in [0.25, 0.3) is 5.91 Å². The number of benzene rings is 1. The first-order valence-corrected chi connectivity index (χ1v) is 6.71. The Morgan fingerprint density at radius 1 is 1.57 bits per heavy atom. The minimum absolute atomic E-state index is 0. The second kappa shape index (κ2) is 7.49. The number of hydrogen-bond acceptors (Lipinski definition) is 4. The van der Waals surface area contributed by atoms with Gasteiger partial charge >= 0.3 is 0 Å². The fourth-order valence-corrected chi connectivity index (χ4v) is 2.07. The van der Waals surface area contributed by atoms with Gasteiger partial charge in [0.2, 0.25) is 5.91 Å². The highest BCUT2D eigenvalue weighted by Crippen LogP contribution is 2.36. The second-order valence-electron chi connectivity index (χ2n) is 4.55. The molecule has 0 fully saturated rings. The Morgan fingerprint density at radius 2 is 2.29 bits per heavy atom. The summed E-state index contributed by atoms with van der Waals surface area (Å²) in [5.74, 6) is -0.0720. The predicted molar refractivity (Wildman–Crippen MR) is 84.3 cm³/mol. The van der Waals surface area contributed by atoms with Crippen molar-refractivity contribution in [3.63, 3.8) is 0 Å². The highest BCUT2D eigenvalue weighted by Gasteiger charge is 2.20. The Kier molecular flexibility index (Phi) is 6.26. The van der Waals surface area contributed by atoms with E-state index < -0.39 is 6.04 Å². The maximum atomic E-state index is 11.9. The smallest absolute Gasteiger partial charge is 0.262 e. The van der Waals surface area contributed by atoms with E-state index in [-0.39, 0.29) is 30.8 Å². The van der Waals surface area contributed by atoms with Crippen LogP contribution in [-0.2, 0) is 9.59 Å². The summed E-state index contributed by atoms with van der Waals surface area (Å²) in [6, 6.07) is 2.54. The summed E-state index contributed by atoms with van der Waals surface area (Å²) in [6.45, 7) is 1.90. The molecular formula is C13H17Cl2N3O3. The zero-order valence-electron chi connectivity index (χ0n) is 11.4. The van der Waals surface area contributed by atoms with Crippen LogP contribution in [0.1, 0.15) is 19.8 Å². The highest BCUT2D eigenvalue weighted by molar-refractivity contribution is 6.34. The number of rotatable bonds is 4. The minimum atomic E-state index is -0.576. The van der Waals surface area contributed by atoms with Crippen LogP contribution in [0.2, 0.25) is 5.02 Å². The minimum Gasteiger partial charge on any atom is -0.482 e. The molecule has 0 aromatic heterocycles. The highest BCUT2D eigenvalue weighted by atomic mass is 35.5. The second-order valence-corrected chi connectivity index (χ2v) is 4.96. The first-order valence-electron chi connectivity index (χ1n) is 6.34. The summed E-state index contributed by atoms with van der Waals surface area (Å²) >= 11 is 6.07. The number of anilines is 2. The molecule has 1 aromatic carbocycles. The van der Waals surface area contributed by atoms with Gasteiger partial charge in [-0.1, -0.05) is 24.9 Å². The molecule has 21 heavy (non-hydrogen) atoms. The van der Waals surface area contributed by atoms with Gasteiger partial charge < -0.3 is 21.1 Å². The molecule has 0 saturated carbocycles.